The smallest absolute Gasteiger partial charge is 0.247 e. The molecule has 2 aromatic heterocycles. The van der Waals surface area contributed by atoms with Crippen LogP contribution in [0.2, 0.25) is 0 Å². The summed E-state index contributed by atoms with van der Waals surface area (Å²) in [5.74, 6) is 1.08. The Balaban J connectivity index is 1.36. The van der Waals surface area contributed by atoms with Crippen LogP contribution in [0.4, 0.5) is 23.3 Å². The molecule has 3 aromatic rings. The third kappa shape index (κ3) is 3.59. The number of hydrogen-bond donors (Lipinski definition) is 4. The average Bonchev–Trinajstić information content (AvgIpc) is 3.22. The van der Waals surface area contributed by atoms with Gasteiger partial charge in [0.15, 0.2) is 5.65 Å². The Morgan fingerprint density at radius 1 is 1.19 bits per heavy atom. The van der Waals surface area contributed by atoms with Gasteiger partial charge in [-0.2, -0.15) is 9.50 Å². The molecule has 9 heteroatoms. The summed E-state index contributed by atoms with van der Waals surface area (Å²) in [6.07, 6.45) is 4.99. The Bertz CT molecular complexity index is 1160. The molecule has 2 aliphatic rings. The lowest BCUT2D eigenvalue weighted by Crippen LogP contribution is -2.36. The molecule has 5 rings (SSSR count). The number of benzene rings is 1. The summed E-state index contributed by atoms with van der Waals surface area (Å²) in [6.45, 7) is 5.72. The Morgan fingerprint density at radius 3 is 2.74 bits per heavy atom. The van der Waals surface area contributed by atoms with E-state index < -0.39 is 11.0 Å². The Hall–Kier alpha value is -3.20. The second-order valence-corrected chi connectivity index (χ2v) is 9.35. The van der Waals surface area contributed by atoms with E-state index >= 15 is 0 Å². The van der Waals surface area contributed by atoms with Crippen molar-refractivity contribution in [1.82, 2.24) is 19.6 Å². The zero-order chi connectivity index (χ0) is 21.8. The van der Waals surface area contributed by atoms with Gasteiger partial charge in [-0.3, -0.25) is 4.79 Å². The fourth-order valence-electron chi connectivity index (χ4n) is 4.34. The monoisotopic (exact) mass is 421 g/mol. The van der Waals surface area contributed by atoms with Crippen LogP contribution in [0.15, 0.2) is 30.5 Å². The van der Waals surface area contributed by atoms with E-state index in [4.69, 9.17) is 0 Å². The number of rotatable bonds is 4. The van der Waals surface area contributed by atoms with E-state index in [0.29, 0.717) is 17.5 Å². The van der Waals surface area contributed by atoms with Gasteiger partial charge in [0.05, 0.1) is 11.0 Å². The van der Waals surface area contributed by atoms with Crippen molar-refractivity contribution in [2.75, 3.05) is 16.0 Å². The van der Waals surface area contributed by atoms with Gasteiger partial charge in [-0.15, -0.1) is 5.10 Å². The molecule has 0 saturated heterocycles. The summed E-state index contributed by atoms with van der Waals surface area (Å²) in [4.78, 5) is 21.2. The molecule has 1 saturated carbocycles. The Morgan fingerprint density at radius 2 is 1.97 bits per heavy atom. The van der Waals surface area contributed by atoms with Crippen LogP contribution in [-0.4, -0.2) is 42.2 Å². The van der Waals surface area contributed by atoms with E-state index in [0.717, 1.165) is 42.6 Å². The SMILES string of the molecule is CC1(O)CCC(Nc2nccc3nc(Nc4ccc5c(c4)NC(=O)C5(C)C)nn23)CC1. The minimum Gasteiger partial charge on any atom is -0.390 e. The fourth-order valence-corrected chi connectivity index (χ4v) is 4.34. The molecule has 0 atom stereocenters. The van der Waals surface area contributed by atoms with Gasteiger partial charge in [0, 0.05) is 29.7 Å². The van der Waals surface area contributed by atoms with Gasteiger partial charge < -0.3 is 21.1 Å². The van der Waals surface area contributed by atoms with Crippen molar-refractivity contribution in [3.63, 3.8) is 0 Å². The van der Waals surface area contributed by atoms with E-state index in [2.05, 4.69) is 31.0 Å². The number of carbonyl (C=O) groups is 1. The summed E-state index contributed by atoms with van der Waals surface area (Å²) in [5, 5.41) is 24.4. The summed E-state index contributed by atoms with van der Waals surface area (Å²) in [7, 11) is 0. The first-order valence-corrected chi connectivity index (χ1v) is 10.6. The first-order valence-electron chi connectivity index (χ1n) is 10.6. The highest BCUT2D eigenvalue weighted by molar-refractivity contribution is 6.06. The van der Waals surface area contributed by atoms with Gasteiger partial charge in [-0.05, 0) is 64.2 Å². The Labute approximate surface area is 180 Å². The molecule has 3 heterocycles. The normalized spacial score (nSPS) is 24.6. The van der Waals surface area contributed by atoms with Crippen LogP contribution in [0.3, 0.4) is 0 Å². The molecule has 0 radical (unpaired) electrons. The van der Waals surface area contributed by atoms with Crippen molar-refractivity contribution < 1.29 is 9.90 Å². The van der Waals surface area contributed by atoms with Crippen LogP contribution < -0.4 is 16.0 Å². The fraction of sp³-hybridized carbons (Fsp3) is 0.455. The molecule has 0 spiro atoms. The van der Waals surface area contributed by atoms with Gasteiger partial charge in [-0.25, -0.2) is 4.98 Å². The number of nitrogens with one attached hydrogen (secondary N) is 3. The van der Waals surface area contributed by atoms with Crippen molar-refractivity contribution in [3.05, 3.63) is 36.0 Å². The number of hydrogen-bond acceptors (Lipinski definition) is 7. The third-order valence-electron chi connectivity index (χ3n) is 6.41. The molecule has 4 N–H and O–H groups in total. The van der Waals surface area contributed by atoms with Crippen molar-refractivity contribution in [2.24, 2.45) is 0 Å². The number of nitrogens with zero attached hydrogens (tertiary/aromatic N) is 4. The minimum absolute atomic E-state index is 0.00322. The summed E-state index contributed by atoms with van der Waals surface area (Å²) in [5.41, 5.74) is 2.15. The second-order valence-electron chi connectivity index (χ2n) is 9.35. The van der Waals surface area contributed by atoms with Crippen molar-refractivity contribution in [1.29, 1.82) is 0 Å². The van der Waals surface area contributed by atoms with Crippen LogP contribution in [0.1, 0.15) is 52.0 Å². The van der Waals surface area contributed by atoms with Crippen LogP contribution >= 0.6 is 0 Å². The van der Waals surface area contributed by atoms with E-state index in [9.17, 15) is 9.90 Å². The second kappa shape index (κ2) is 6.91. The molecular formula is C22H27N7O2. The standard InChI is InChI=1S/C22H27N7O2/c1-21(2)15-5-4-14(12-16(15)26-18(21)30)24-19-27-17-8-11-23-20(29(17)28-19)25-13-6-9-22(3,31)10-7-13/h4-5,8,11-13,31H,6-7,9-10H2,1-3H3,(H,23,25)(H,24,28)(H,26,30). The van der Waals surface area contributed by atoms with Crippen LogP contribution in [0.25, 0.3) is 5.65 Å². The third-order valence-corrected chi connectivity index (χ3v) is 6.41. The molecule has 1 aliphatic carbocycles. The molecule has 0 bridgehead atoms. The Kier molecular flexibility index (Phi) is 4.40. The van der Waals surface area contributed by atoms with Crippen LogP contribution in [0.5, 0.6) is 0 Å². The van der Waals surface area contributed by atoms with E-state index in [1.54, 1.807) is 16.8 Å². The number of anilines is 4. The zero-order valence-electron chi connectivity index (χ0n) is 17.9. The summed E-state index contributed by atoms with van der Waals surface area (Å²) in [6, 6.07) is 7.83. The molecule has 1 fully saturated rings. The predicted molar refractivity (Wildman–Crippen MR) is 119 cm³/mol. The molecule has 1 aliphatic heterocycles. The van der Waals surface area contributed by atoms with Gasteiger partial charge in [0.25, 0.3) is 0 Å². The number of amides is 1. The molecule has 0 unspecified atom stereocenters. The molecule has 1 aromatic carbocycles. The number of aromatic nitrogens is 4. The lowest BCUT2D eigenvalue weighted by molar-refractivity contribution is -0.119. The maximum atomic E-state index is 12.2. The quantitative estimate of drug-likeness (QED) is 0.511. The van der Waals surface area contributed by atoms with E-state index in [1.807, 2.05) is 39.0 Å². The first-order chi connectivity index (χ1) is 14.7. The van der Waals surface area contributed by atoms with Crippen molar-refractivity contribution in [2.45, 2.75) is 63.5 Å². The number of carbonyl (C=O) groups excluding carboxylic acids is 1. The lowest BCUT2D eigenvalue weighted by Gasteiger charge is -2.33. The minimum atomic E-state index is -0.577. The molecule has 31 heavy (non-hydrogen) atoms. The van der Waals surface area contributed by atoms with Gasteiger partial charge in [0.1, 0.15) is 0 Å². The summed E-state index contributed by atoms with van der Waals surface area (Å²) >= 11 is 0. The summed E-state index contributed by atoms with van der Waals surface area (Å²) < 4.78 is 1.69. The molecule has 1 amide bonds. The van der Waals surface area contributed by atoms with E-state index in [1.165, 1.54) is 0 Å². The van der Waals surface area contributed by atoms with Gasteiger partial charge >= 0.3 is 0 Å². The van der Waals surface area contributed by atoms with Crippen LogP contribution in [0, 0.1) is 0 Å². The van der Waals surface area contributed by atoms with E-state index in [-0.39, 0.29) is 11.9 Å². The molecule has 162 valence electrons. The van der Waals surface area contributed by atoms with Crippen molar-refractivity contribution in [3.8, 4) is 0 Å². The number of fused-ring (bicyclic) bond motifs is 2. The molecule has 9 nitrogen and oxygen atoms in total. The number of aliphatic hydroxyl groups is 1. The van der Waals surface area contributed by atoms with Crippen LogP contribution in [-0.2, 0) is 10.2 Å². The highest BCUT2D eigenvalue weighted by Crippen LogP contribution is 2.39. The average molecular weight is 422 g/mol. The zero-order valence-corrected chi connectivity index (χ0v) is 17.9. The van der Waals surface area contributed by atoms with Gasteiger partial charge in [-0.1, -0.05) is 6.07 Å². The first kappa shape index (κ1) is 19.7. The maximum absolute atomic E-state index is 12.2. The highest BCUT2D eigenvalue weighted by atomic mass is 16.3. The predicted octanol–water partition coefficient (Wildman–Crippen LogP) is 3.20. The van der Waals surface area contributed by atoms with Gasteiger partial charge in [0.2, 0.25) is 17.8 Å². The largest absolute Gasteiger partial charge is 0.390 e. The van der Waals surface area contributed by atoms with Crippen molar-refractivity contribution >= 4 is 34.8 Å². The molecular weight excluding hydrogens is 394 g/mol. The maximum Gasteiger partial charge on any atom is 0.247 e. The lowest BCUT2D eigenvalue weighted by atomic mass is 9.84. The topological polar surface area (TPSA) is 116 Å². The highest BCUT2D eigenvalue weighted by Gasteiger charge is 2.38.